The SMILES string of the molecule is COCCN/C=C(/C#N)C(=O)Nc1cccc(C(F)(F)F)c1. The number of nitriles is 1. The summed E-state index contributed by atoms with van der Waals surface area (Å²) in [5.41, 5.74) is -1.18. The Balaban J connectivity index is 2.77. The van der Waals surface area contributed by atoms with Crippen LogP contribution in [0.5, 0.6) is 0 Å². The first-order valence-corrected chi connectivity index (χ1v) is 6.19. The van der Waals surface area contributed by atoms with Gasteiger partial charge < -0.3 is 15.4 Å². The summed E-state index contributed by atoms with van der Waals surface area (Å²) in [5.74, 6) is -0.799. The minimum atomic E-state index is -4.50. The van der Waals surface area contributed by atoms with Crippen molar-refractivity contribution in [1.29, 1.82) is 5.26 Å². The Morgan fingerprint density at radius 2 is 2.18 bits per heavy atom. The van der Waals surface area contributed by atoms with E-state index in [9.17, 15) is 18.0 Å². The highest BCUT2D eigenvalue weighted by molar-refractivity contribution is 6.06. The summed E-state index contributed by atoms with van der Waals surface area (Å²) >= 11 is 0. The lowest BCUT2D eigenvalue weighted by Crippen LogP contribution is -2.19. The molecule has 0 unspecified atom stereocenters. The molecule has 2 N–H and O–H groups in total. The van der Waals surface area contributed by atoms with Crippen LogP contribution < -0.4 is 10.6 Å². The zero-order chi connectivity index (χ0) is 16.6. The van der Waals surface area contributed by atoms with Crippen molar-refractivity contribution in [1.82, 2.24) is 5.32 Å². The molecule has 22 heavy (non-hydrogen) atoms. The lowest BCUT2D eigenvalue weighted by atomic mass is 10.2. The Bertz CT molecular complexity index is 592. The Kier molecular flexibility index (Phi) is 6.41. The van der Waals surface area contributed by atoms with Gasteiger partial charge in [-0.2, -0.15) is 18.4 Å². The molecule has 0 heterocycles. The third-order valence-electron chi connectivity index (χ3n) is 2.51. The fourth-order valence-corrected chi connectivity index (χ4v) is 1.46. The van der Waals surface area contributed by atoms with Crippen molar-refractivity contribution in [3.05, 3.63) is 41.6 Å². The number of nitrogens with one attached hydrogen (secondary N) is 2. The van der Waals surface area contributed by atoms with Gasteiger partial charge in [-0.05, 0) is 18.2 Å². The molecule has 0 saturated carbocycles. The molecule has 1 rings (SSSR count). The number of carbonyl (C=O) groups is 1. The molecule has 0 aromatic heterocycles. The van der Waals surface area contributed by atoms with E-state index in [0.717, 1.165) is 12.1 Å². The van der Waals surface area contributed by atoms with Gasteiger partial charge >= 0.3 is 6.18 Å². The van der Waals surface area contributed by atoms with Gasteiger partial charge in [-0.25, -0.2) is 0 Å². The summed E-state index contributed by atoms with van der Waals surface area (Å²) in [6, 6.07) is 5.83. The summed E-state index contributed by atoms with van der Waals surface area (Å²) in [5, 5.41) is 13.8. The van der Waals surface area contributed by atoms with Gasteiger partial charge in [0.2, 0.25) is 0 Å². The first-order chi connectivity index (χ1) is 10.4. The second kappa shape index (κ2) is 8.05. The summed E-state index contributed by atoms with van der Waals surface area (Å²) < 4.78 is 42.5. The van der Waals surface area contributed by atoms with Gasteiger partial charge in [-0.3, -0.25) is 4.79 Å². The van der Waals surface area contributed by atoms with E-state index in [0.29, 0.717) is 13.2 Å². The summed E-state index contributed by atoms with van der Waals surface area (Å²) in [6.45, 7) is 0.767. The molecule has 1 aromatic carbocycles. The monoisotopic (exact) mass is 313 g/mol. The van der Waals surface area contributed by atoms with Crippen LogP contribution in [-0.2, 0) is 15.7 Å². The van der Waals surface area contributed by atoms with Crippen LogP contribution in [0.25, 0.3) is 0 Å². The number of methoxy groups -OCH3 is 1. The number of hydrogen-bond donors (Lipinski definition) is 2. The Morgan fingerprint density at radius 3 is 2.77 bits per heavy atom. The van der Waals surface area contributed by atoms with Gasteiger partial charge in [0, 0.05) is 25.5 Å². The van der Waals surface area contributed by atoms with Crippen LogP contribution in [0, 0.1) is 11.3 Å². The lowest BCUT2D eigenvalue weighted by Gasteiger charge is -2.09. The maximum Gasteiger partial charge on any atom is 0.416 e. The predicted octanol–water partition coefficient (Wildman–Crippen LogP) is 2.29. The summed E-state index contributed by atoms with van der Waals surface area (Å²) in [6.07, 6.45) is -3.32. The molecule has 0 aliphatic carbocycles. The molecule has 0 aliphatic heterocycles. The largest absolute Gasteiger partial charge is 0.416 e. The third kappa shape index (κ3) is 5.46. The molecule has 0 fully saturated rings. The van der Waals surface area contributed by atoms with Crippen LogP contribution in [0.1, 0.15) is 5.56 Å². The van der Waals surface area contributed by atoms with E-state index in [2.05, 4.69) is 10.6 Å². The number of nitrogens with zero attached hydrogens (tertiary/aromatic N) is 1. The fraction of sp³-hybridized carbons (Fsp3) is 0.286. The van der Waals surface area contributed by atoms with Crippen LogP contribution in [0.15, 0.2) is 36.0 Å². The van der Waals surface area contributed by atoms with Crippen molar-refractivity contribution in [3.8, 4) is 6.07 Å². The van der Waals surface area contributed by atoms with Crippen molar-refractivity contribution in [3.63, 3.8) is 0 Å². The van der Waals surface area contributed by atoms with Crippen molar-refractivity contribution in [2.24, 2.45) is 0 Å². The first-order valence-electron chi connectivity index (χ1n) is 6.19. The van der Waals surface area contributed by atoms with Crippen LogP contribution in [0.2, 0.25) is 0 Å². The average Bonchev–Trinajstić information content (AvgIpc) is 2.46. The topological polar surface area (TPSA) is 74.1 Å². The van der Waals surface area contributed by atoms with Crippen LogP contribution >= 0.6 is 0 Å². The molecule has 8 heteroatoms. The molecule has 0 atom stereocenters. The highest BCUT2D eigenvalue weighted by Crippen LogP contribution is 2.30. The van der Waals surface area contributed by atoms with Crippen LogP contribution in [-0.4, -0.2) is 26.2 Å². The molecular weight excluding hydrogens is 299 g/mol. The number of benzene rings is 1. The van der Waals surface area contributed by atoms with Crippen molar-refractivity contribution in [2.75, 3.05) is 25.6 Å². The molecule has 118 valence electrons. The van der Waals surface area contributed by atoms with Crippen LogP contribution in [0.4, 0.5) is 18.9 Å². The lowest BCUT2D eigenvalue weighted by molar-refractivity contribution is -0.137. The third-order valence-corrected chi connectivity index (χ3v) is 2.51. The highest BCUT2D eigenvalue weighted by atomic mass is 19.4. The van der Waals surface area contributed by atoms with Gasteiger partial charge in [-0.1, -0.05) is 6.07 Å². The zero-order valence-electron chi connectivity index (χ0n) is 11.7. The Hall–Kier alpha value is -2.53. The number of amides is 1. The standard InChI is InChI=1S/C14H14F3N3O2/c1-22-6-5-19-9-10(8-18)13(21)20-12-4-2-3-11(7-12)14(15,16)17/h2-4,7,9,19H,5-6H2,1H3,(H,20,21)/b10-9-. The number of rotatable bonds is 6. The molecular formula is C14H14F3N3O2. The quantitative estimate of drug-likeness (QED) is 0.480. The number of ether oxygens (including phenoxy) is 1. The molecule has 1 aromatic rings. The number of hydrogen-bond acceptors (Lipinski definition) is 4. The van der Waals surface area contributed by atoms with Crippen LogP contribution in [0.3, 0.4) is 0 Å². The van der Waals surface area contributed by atoms with E-state index in [1.54, 1.807) is 6.07 Å². The van der Waals surface area contributed by atoms with Crippen molar-refractivity contribution in [2.45, 2.75) is 6.18 Å². The second-order valence-electron chi connectivity index (χ2n) is 4.15. The molecule has 0 saturated heterocycles. The minimum Gasteiger partial charge on any atom is -0.387 e. The Morgan fingerprint density at radius 1 is 1.45 bits per heavy atom. The van der Waals surface area contributed by atoms with E-state index < -0.39 is 17.6 Å². The minimum absolute atomic E-state index is 0.0436. The summed E-state index contributed by atoms with van der Waals surface area (Å²) in [7, 11) is 1.50. The zero-order valence-corrected chi connectivity index (χ0v) is 11.7. The number of anilines is 1. The van der Waals surface area contributed by atoms with E-state index in [-0.39, 0.29) is 11.3 Å². The maximum atomic E-state index is 12.6. The van der Waals surface area contributed by atoms with Crippen molar-refractivity contribution < 1.29 is 22.7 Å². The molecule has 5 nitrogen and oxygen atoms in total. The van der Waals surface area contributed by atoms with Gasteiger partial charge in [0.1, 0.15) is 11.6 Å². The predicted molar refractivity (Wildman–Crippen MR) is 73.6 cm³/mol. The van der Waals surface area contributed by atoms with Gasteiger partial charge in [0.15, 0.2) is 0 Å². The summed E-state index contributed by atoms with van der Waals surface area (Å²) in [4.78, 5) is 11.8. The van der Waals surface area contributed by atoms with Gasteiger partial charge in [-0.15, -0.1) is 0 Å². The highest BCUT2D eigenvalue weighted by Gasteiger charge is 2.30. The maximum absolute atomic E-state index is 12.6. The first kappa shape index (κ1) is 17.5. The molecule has 0 aliphatic rings. The molecule has 0 bridgehead atoms. The van der Waals surface area contributed by atoms with Gasteiger partial charge in [0.25, 0.3) is 5.91 Å². The fourth-order valence-electron chi connectivity index (χ4n) is 1.46. The molecule has 1 amide bonds. The van der Waals surface area contributed by atoms with E-state index >= 15 is 0 Å². The number of halogens is 3. The van der Waals surface area contributed by atoms with Gasteiger partial charge in [0.05, 0.1) is 12.2 Å². The molecule has 0 spiro atoms. The van der Waals surface area contributed by atoms with E-state index in [4.69, 9.17) is 10.00 Å². The smallest absolute Gasteiger partial charge is 0.387 e. The van der Waals surface area contributed by atoms with Crippen molar-refractivity contribution >= 4 is 11.6 Å². The number of alkyl halides is 3. The second-order valence-corrected chi connectivity index (χ2v) is 4.15. The average molecular weight is 313 g/mol. The Labute approximate surface area is 125 Å². The molecule has 0 radical (unpaired) electrons. The number of carbonyl (C=O) groups excluding carboxylic acids is 1. The normalized spacial score (nSPS) is 11.7. The van der Waals surface area contributed by atoms with E-state index in [1.165, 1.54) is 25.4 Å². The van der Waals surface area contributed by atoms with E-state index in [1.807, 2.05) is 0 Å².